The summed E-state index contributed by atoms with van der Waals surface area (Å²) in [6.07, 6.45) is 1.41. The van der Waals surface area contributed by atoms with Gasteiger partial charge in [-0.3, -0.25) is 14.9 Å². The molecule has 0 aliphatic carbocycles. The fourth-order valence-corrected chi connectivity index (χ4v) is 5.17. The van der Waals surface area contributed by atoms with Crippen molar-refractivity contribution in [2.75, 3.05) is 12.0 Å². The first kappa shape index (κ1) is 25.7. The molecule has 4 aromatic rings. The molecular weight excluding hydrogens is 616 g/mol. The van der Waals surface area contributed by atoms with Gasteiger partial charge >= 0.3 is 6.03 Å². The molecule has 0 spiro atoms. The maximum atomic E-state index is 13.2. The Bertz CT molecular complexity index is 1630. The van der Waals surface area contributed by atoms with Gasteiger partial charge in [0.25, 0.3) is 11.8 Å². The summed E-state index contributed by atoms with van der Waals surface area (Å²) in [7, 11) is 1.51. The number of nitrogens with zero attached hydrogens (tertiary/aromatic N) is 1. The molecule has 0 unspecified atom stereocenters. The van der Waals surface area contributed by atoms with Crippen LogP contribution in [0.1, 0.15) is 11.1 Å². The summed E-state index contributed by atoms with van der Waals surface area (Å²) in [6.45, 7) is 0.307. The number of ether oxygens (including phenoxy) is 2. The van der Waals surface area contributed by atoms with Crippen LogP contribution in [-0.2, 0) is 16.2 Å². The molecular formula is C29H20Br2N2O5. The maximum absolute atomic E-state index is 13.2. The third-order valence-corrected chi connectivity index (χ3v) is 7.07. The van der Waals surface area contributed by atoms with Gasteiger partial charge in [0.2, 0.25) is 0 Å². The SMILES string of the molecule is COc1cc(/C=C2/C(=O)NC(=O)N(c3cccc(Br)c3)C2=O)cc(Br)c1OCc1cccc2ccccc12. The zero-order valence-corrected chi connectivity index (χ0v) is 23.2. The Balaban J connectivity index is 1.45. The number of methoxy groups -OCH3 is 1. The smallest absolute Gasteiger partial charge is 0.335 e. The fraction of sp³-hybridized carbons (Fsp3) is 0.0690. The first-order valence-electron chi connectivity index (χ1n) is 11.5. The van der Waals surface area contributed by atoms with Crippen molar-refractivity contribution in [2.24, 2.45) is 0 Å². The van der Waals surface area contributed by atoms with E-state index in [1.165, 1.54) is 13.2 Å². The first-order chi connectivity index (χ1) is 18.4. The van der Waals surface area contributed by atoms with Crippen molar-refractivity contribution in [3.05, 3.63) is 105 Å². The van der Waals surface area contributed by atoms with Crippen LogP contribution in [0.2, 0.25) is 0 Å². The number of fused-ring (bicyclic) bond motifs is 1. The molecule has 1 saturated heterocycles. The van der Waals surface area contributed by atoms with Crippen LogP contribution in [0.15, 0.2) is 93.4 Å². The molecule has 4 amide bonds. The zero-order chi connectivity index (χ0) is 26.8. The average molecular weight is 636 g/mol. The van der Waals surface area contributed by atoms with Crippen LogP contribution in [-0.4, -0.2) is 25.0 Å². The second-order valence-corrected chi connectivity index (χ2v) is 10.2. The predicted octanol–water partition coefficient (Wildman–Crippen LogP) is 6.62. The van der Waals surface area contributed by atoms with Crippen LogP contribution in [0, 0.1) is 0 Å². The molecule has 1 aliphatic rings. The average Bonchev–Trinajstić information content (AvgIpc) is 2.90. The molecule has 38 heavy (non-hydrogen) atoms. The van der Waals surface area contributed by atoms with E-state index >= 15 is 0 Å². The monoisotopic (exact) mass is 634 g/mol. The Hall–Kier alpha value is -3.95. The Morgan fingerprint density at radius 1 is 0.921 bits per heavy atom. The Morgan fingerprint density at radius 2 is 1.68 bits per heavy atom. The molecule has 0 atom stereocenters. The minimum atomic E-state index is -0.814. The number of imide groups is 2. The standard InChI is InChI=1S/C29H20Br2N2O5/c1-37-25-14-17(12-23-27(34)32-29(36)33(28(23)35)21-10-5-9-20(30)15-21)13-24(31)26(25)38-16-19-8-4-7-18-6-2-3-11-22(18)19/h2-15H,16H2,1H3,(H,32,34,36)/b23-12-. The number of rotatable bonds is 6. The number of nitrogens with one attached hydrogen (secondary N) is 1. The summed E-state index contributed by atoms with van der Waals surface area (Å²) >= 11 is 6.87. The maximum Gasteiger partial charge on any atom is 0.335 e. The van der Waals surface area contributed by atoms with Gasteiger partial charge in [-0.2, -0.15) is 0 Å². The Kier molecular flexibility index (Phi) is 7.31. The van der Waals surface area contributed by atoms with E-state index in [4.69, 9.17) is 9.47 Å². The second kappa shape index (κ2) is 10.8. The lowest BCUT2D eigenvalue weighted by atomic mass is 10.1. The van der Waals surface area contributed by atoms with Gasteiger partial charge in [-0.25, -0.2) is 9.69 Å². The van der Waals surface area contributed by atoms with E-state index < -0.39 is 17.8 Å². The third-order valence-electron chi connectivity index (χ3n) is 5.98. The Morgan fingerprint density at radius 3 is 2.47 bits per heavy atom. The number of hydrogen-bond acceptors (Lipinski definition) is 5. The van der Waals surface area contributed by atoms with E-state index in [-0.39, 0.29) is 5.57 Å². The van der Waals surface area contributed by atoms with E-state index in [0.717, 1.165) is 21.2 Å². The Labute approximate surface area is 235 Å². The molecule has 1 N–H and O–H groups in total. The van der Waals surface area contributed by atoms with Gasteiger partial charge in [0.05, 0.1) is 17.3 Å². The lowest BCUT2D eigenvalue weighted by Gasteiger charge is -2.26. The van der Waals surface area contributed by atoms with Gasteiger partial charge in [-0.15, -0.1) is 0 Å². The number of benzene rings is 4. The number of urea groups is 1. The molecule has 5 rings (SSSR count). The summed E-state index contributed by atoms with van der Waals surface area (Å²) < 4.78 is 13.0. The highest BCUT2D eigenvalue weighted by atomic mass is 79.9. The highest BCUT2D eigenvalue weighted by molar-refractivity contribution is 9.10. The third kappa shape index (κ3) is 5.07. The molecule has 0 saturated carbocycles. The van der Waals surface area contributed by atoms with Gasteiger partial charge in [0.15, 0.2) is 11.5 Å². The lowest BCUT2D eigenvalue weighted by Crippen LogP contribution is -2.54. The van der Waals surface area contributed by atoms with Crippen molar-refractivity contribution in [3.63, 3.8) is 0 Å². The summed E-state index contributed by atoms with van der Waals surface area (Å²) in [5, 5.41) is 4.44. The molecule has 0 bridgehead atoms. The molecule has 0 radical (unpaired) electrons. The quantitative estimate of drug-likeness (QED) is 0.190. The van der Waals surface area contributed by atoms with Crippen LogP contribution in [0.5, 0.6) is 11.5 Å². The summed E-state index contributed by atoms with van der Waals surface area (Å²) in [6, 6.07) is 23.4. The largest absolute Gasteiger partial charge is 0.493 e. The van der Waals surface area contributed by atoms with Crippen LogP contribution in [0.25, 0.3) is 16.8 Å². The van der Waals surface area contributed by atoms with Crippen LogP contribution < -0.4 is 19.7 Å². The van der Waals surface area contributed by atoms with Crippen molar-refractivity contribution in [3.8, 4) is 11.5 Å². The van der Waals surface area contributed by atoms with E-state index in [9.17, 15) is 14.4 Å². The van der Waals surface area contributed by atoms with Crippen LogP contribution >= 0.6 is 31.9 Å². The topological polar surface area (TPSA) is 84.9 Å². The minimum Gasteiger partial charge on any atom is -0.493 e. The number of anilines is 1. The molecule has 1 fully saturated rings. The summed E-state index contributed by atoms with van der Waals surface area (Å²) in [4.78, 5) is 39.2. The minimum absolute atomic E-state index is 0.192. The molecule has 9 heteroatoms. The van der Waals surface area contributed by atoms with E-state index in [2.05, 4.69) is 37.2 Å². The van der Waals surface area contributed by atoms with Gasteiger partial charge < -0.3 is 9.47 Å². The fourth-order valence-electron chi connectivity index (χ4n) is 4.21. The summed E-state index contributed by atoms with van der Waals surface area (Å²) in [5.41, 5.74) is 1.66. The van der Waals surface area contributed by atoms with E-state index in [1.807, 2.05) is 42.5 Å². The van der Waals surface area contributed by atoms with E-state index in [0.29, 0.717) is 38.3 Å². The van der Waals surface area contributed by atoms with Crippen molar-refractivity contribution in [1.82, 2.24) is 5.32 Å². The van der Waals surface area contributed by atoms with Crippen molar-refractivity contribution in [2.45, 2.75) is 6.61 Å². The number of amides is 4. The number of carbonyl (C=O) groups excluding carboxylic acids is 3. The second-order valence-electron chi connectivity index (χ2n) is 8.40. The highest BCUT2D eigenvalue weighted by Crippen LogP contribution is 2.38. The lowest BCUT2D eigenvalue weighted by molar-refractivity contribution is -0.122. The van der Waals surface area contributed by atoms with Gasteiger partial charge in [0.1, 0.15) is 12.2 Å². The number of halogens is 2. The van der Waals surface area contributed by atoms with Crippen LogP contribution in [0.3, 0.4) is 0 Å². The van der Waals surface area contributed by atoms with E-state index in [1.54, 1.807) is 36.4 Å². The number of barbiturate groups is 1. The zero-order valence-electron chi connectivity index (χ0n) is 20.0. The van der Waals surface area contributed by atoms with Gasteiger partial charge in [-0.1, -0.05) is 64.5 Å². The van der Waals surface area contributed by atoms with Crippen molar-refractivity contribution < 1.29 is 23.9 Å². The van der Waals surface area contributed by atoms with Gasteiger partial charge in [0, 0.05) is 4.47 Å². The molecule has 0 aromatic heterocycles. The molecule has 190 valence electrons. The molecule has 7 nitrogen and oxygen atoms in total. The van der Waals surface area contributed by atoms with Gasteiger partial charge in [-0.05, 0) is 74.2 Å². The normalized spacial score (nSPS) is 14.7. The predicted molar refractivity (Wildman–Crippen MR) is 152 cm³/mol. The molecule has 1 aliphatic heterocycles. The molecule has 4 aromatic carbocycles. The number of carbonyl (C=O) groups is 3. The first-order valence-corrected chi connectivity index (χ1v) is 13.1. The summed E-state index contributed by atoms with van der Waals surface area (Å²) in [5.74, 6) is -0.621. The number of hydrogen-bond donors (Lipinski definition) is 1. The van der Waals surface area contributed by atoms with Crippen LogP contribution in [0.4, 0.5) is 10.5 Å². The highest BCUT2D eigenvalue weighted by Gasteiger charge is 2.37. The van der Waals surface area contributed by atoms with Crippen molar-refractivity contribution in [1.29, 1.82) is 0 Å². The molecule has 1 heterocycles. The van der Waals surface area contributed by atoms with Crippen molar-refractivity contribution >= 4 is 72.2 Å².